The molecule has 5 aromatic rings. The van der Waals surface area contributed by atoms with E-state index in [1.807, 2.05) is 38.4 Å². The summed E-state index contributed by atoms with van der Waals surface area (Å²) in [5.74, 6) is -0.369. The molecule has 1 aliphatic heterocycles. The molecule has 3 aromatic carbocycles. The van der Waals surface area contributed by atoms with Gasteiger partial charge < -0.3 is 4.90 Å². The monoisotopic (exact) mass is 475 g/mol. The van der Waals surface area contributed by atoms with Crippen molar-refractivity contribution in [3.8, 4) is 20.9 Å². The fourth-order valence-corrected chi connectivity index (χ4v) is 5.62. The second kappa shape index (κ2) is 8.18. The molecule has 0 bridgehead atoms. The van der Waals surface area contributed by atoms with E-state index in [0.717, 1.165) is 32.0 Å². The molecule has 1 aliphatic rings. The van der Waals surface area contributed by atoms with Gasteiger partial charge in [-0.2, -0.15) is 0 Å². The number of hydrogen-bond donors (Lipinski definition) is 0. The number of benzene rings is 3. The average Bonchev–Trinajstić information content (AvgIpc) is 3.38. The predicted molar refractivity (Wildman–Crippen MR) is 142 cm³/mol. The van der Waals surface area contributed by atoms with Gasteiger partial charge in [0.1, 0.15) is 5.82 Å². The lowest BCUT2D eigenvalue weighted by Gasteiger charge is -2.26. The molecule has 0 aliphatic carbocycles. The summed E-state index contributed by atoms with van der Waals surface area (Å²) in [6.07, 6.45) is 1.58. The summed E-state index contributed by atoms with van der Waals surface area (Å²) in [5, 5.41) is 1.61. The molecule has 2 aromatic heterocycles. The maximum atomic E-state index is 13.4. The van der Waals surface area contributed by atoms with Gasteiger partial charge >= 0.3 is 0 Å². The van der Waals surface area contributed by atoms with Crippen LogP contribution in [0.2, 0.25) is 0 Å². The van der Waals surface area contributed by atoms with Gasteiger partial charge in [-0.1, -0.05) is 36.4 Å². The molecule has 0 spiro atoms. The number of nitrogens with zero attached hydrogens (tertiary/aromatic N) is 3. The fourth-order valence-electron chi connectivity index (χ4n) is 4.57. The first-order valence-corrected chi connectivity index (χ1v) is 12.1. The normalized spacial score (nSPS) is 12.9. The number of hydrogen-bond acceptors (Lipinski definition) is 5. The van der Waals surface area contributed by atoms with Crippen LogP contribution in [-0.2, 0) is 0 Å². The molecule has 0 fully saturated rings. The molecular formula is C29H21N3O2S. The molecule has 0 radical (unpaired) electrons. The number of carbonyl (C=O) groups is 2. The van der Waals surface area contributed by atoms with Crippen LogP contribution in [0.25, 0.3) is 31.7 Å². The summed E-state index contributed by atoms with van der Waals surface area (Å²) in [6.45, 7) is 0. The van der Waals surface area contributed by atoms with Crippen molar-refractivity contribution in [3.63, 3.8) is 0 Å². The van der Waals surface area contributed by atoms with Crippen LogP contribution in [0.5, 0.6) is 0 Å². The zero-order valence-corrected chi connectivity index (χ0v) is 20.0. The van der Waals surface area contributed by atoms with E-state index < -0.39 is 0 Å². The molecule has 0 saturated carbocycles. The summed E-state index contributed by atoms with van der Waals surface area (Å²) in [4.78, 5) is 36.5. The zero-order chi connectivity index (χ0) is 24.1. The van der Waals surface area contributed by atoms with Gasteiger partial charge in [0.05, 0.1) is 0 Å². The van der Waals surface area contributed by atoms with Crippen molar-refractivity contribution in [2.75, 3.05) is 23.9 Å². The standard InChI is InChI=1S/C29H21N3O2S/c1-31(2)19-11-9-18(10-12-19)24-15-16-25(35-24)20-13-14-23-27-21(20)6-5-7-22(27)28(33)32(29(23)34)26-8-3-4-17-30-26/h3-17H,1-2H3. The molecular weight excluding hydrogens is 454 g/mol. The second-order valence-electron chi connectivity index (χ2n) is 8.63. The molecule has 3 heterocycles. The average molecular weight is 476 g/mol. The van der Waals surface area contributed by atoms with Crippen LogP contribution in [0.4, 0.5) is 11.5 Å². The SMILES string of the molecule is CN(C)c1ccc(-c2ccc(-c3ccc4c5c(cccc35)C(=O)N(c3ccccn3)C4=O)s2)cc1. The lowest BCUT2D eigenvalue weighted by Crippen LogP contribution is -2.40. The first-order chi connectivity index (χ1) is 17.0. The smallest absolute Gasteiger partial charge is 0.267 e. The number of anilines is 2. The molecule has 170 valence electrons. The highest BCUT2D eigenvalue weighted by Crippen LogP contribution is 2.41. The van der Waals surface area contributed by atoms with Gasteiger partial charge in [0.25, 0.3) is 11.8 Å². The van der Waals surface area contributed by atoms with Crippen molar-refractivity contribution in [2.45, 2.75) is 0 Å². The Morgan fingerprint density at radius 1 is 0.714 bits per heavy atom. The van der Waals surface area contributed by atoms with Crippen molar-refractivity contribution in [1.29, 1.82) is 0 Å². The lowest BCUT2D eigenvalue weighted by atomic mass is 9.91. The van der Waals surface area contributed by atoms with Crippen LogP contribution < -0.4 is 9.80 Å². The van der Waals surface area contributed by atoms with Crippen molar-refractivity contribution >= 4 is 45.4 Å². The van der Waals surface area contributed by atoms with Crippen molar-refractivity contribution in [2.24, 2.45) is 0 Å². The molecule has 0 unspecified atom stereocenters. The first kappa shape index (κ1) is 21.3. The van der Waals surface area contributed by atoms with Crippen molar-refractivity contribution in [3.05, 3.63) is 102 Å². The highest BCUT2D eigenvalue weighted by Gasteiger charge is 2.35. The Balaban J connectivity index is 1.44. The summed E-state index contributed by atoms with van der Waals surface area (Å²) in [5.41, 5.74) is 4.36. The number of aromatic nitrogens is 1. The van der Waals surface area contributed by atoms with Crippen LogP contribution in [-0.4, -0.2) is 30.9 Å². The maximum Gasteiger partial charge on any atom is 0.267 e. The molecule has 2 amide bonds. The van der Waals surface area contributed by atoms with Crippen molar-refractivity contribution in [1.82, 2.24) is 4.98 Å². The van der Waals surface area contributed by atoms with Gasteiger partial charge in [-0.15, -0.1) is 11.3 Å². The van der Waals surface area contributed by atoms with Crippen LogP contribution in [0, 0.1) is 0 Å². The third-order valence-electron chi connectivity index (χ3n) is 6.33. The summed E-state index contributed by atoms with van der Waals surface area (Å²) in [6, 6.07) is 27.4. The van der Waals surface area contributed by atoms with E-state index in [4.69, 9.17) is 0 Å². The van der Waals surface area contributed by atoms with E-state index in [1.54, 1.807) is 41.8 Å². The molecule has 5 nitrogen and oxygen atoms in total. The number of amides is 2. The Hall–Kier alpha value is -4.29. The second-order valence-corrected chi connectivity index (χ2v) is 9.71. The number of imide groups is 1. The third-order valence-corrected chi connectivity index (χ3v) is 7.49. The minimum absolute atomic E-state index is 0.331. The van der Waals surface area contributed by atoms with E-state index >= 15 is 0 Å². The van der Waals surface area contributed by atoms with E-state index in [2.05, 4.69) is 46.3 Å². The first-order valence-electron chi connectivity index (χ1n) is 11.3. The molecule has 0 atom stereocenters. The topological polar surface area (TPSA) is 53.5 Å². The number of thiophene rings is 1. The van der Waals surface area contributed by atoms with Gasteiger partial charge in [0, 0.05) is 52.2 Å². The largest absolute Gasteiger partial charge is 0.378 e. The predicted octanol–water partition coefficient (Wildman–Crippen LogP) is 6.50. The number of carbonyl (C=O) groups excluding carboxylic acids is 2. The van der Waals surface area contributed by atoms with E-state index in [9.17, 15) is 9.59 Å². The Morgan fingerprint density at radius 2 is 1.43 bits per heavy atom. The minimum Gasteiger partial charge on any atom is -0.378 e. The van der Waals surface area contributed by atoms with E-state index in [0.29, 0.717) is 22.3 Å². The minimum atomic E-state index is -0.350. The van der Waals surface area contributed by atoms with Crippen LogP contribution in [0.15, 0.2) is 91.1 Å². The lowest BCUT2D eigenvalue weighted by molar-refractivity contribution is 0.0892. The number of rotatable bonds is 4. The Morgan fingerprint density at radius 3 is 2.14 bits per heavy atom. The van der Waals surface area contributed by atoms with Crippen LogP contribution in [0.1, 0.15) is 20.7 Å². The zero-order valence-electron chi connectivity index (χ0n) is 19.2. The highest BCUT2D eigenvalue weighted by molar-refractivity contribution is 7.18. The number of pyridine rings is 1. The molecule has 0 N–H and O–H groups in total. The highest BCUT2D eigenvalue weighted by atomic mass is 32.1. The van der Waals surface area contributed by atoms with Gasteiger partial charge in [0.2, 0.25) is 0 Å². The molecule has 35 heavy (non-hydrogen) atoms. The van der Waals surface area contributed by atoms with E-state index in [1.165, 1.54) is 4.88 Å². The third kappa shape index (κ3) is 3.42. The fraction of sp³-hybridized carbons (Fsp3) is 0.0690. The Kier molecular flexibility index (Phi) is 4.97. The Labute approximate surface area is 206 Å². The van der Waals surface area contributed by atoms with Crippen molar-refractivity contribution < 1.29 is 9.59 Å². The Bertz CT molecular complexity index is 1580. The van der Waals surface area contributed by atoms with Gasteiger partial charge in [-0.05, 0) is 65.0 Å². The molecule has 6 rings (SSSR count). The summed E-state index contributed by atoms with van der Waals surface area (Å²) < 4.78 is 0. The van der Waals surface area contributed by atoms with Crippen LogP contribution >= 0.6 is 11.3 Å². The maximum absolute atomic E-state index is 13.4. The van der Waals surface area contributed by atoms with Gasteiger partial charge in [-0.25, -0.2) is 9.88 Å². The summed E-state index contributed by atoms with van der Waals surface area (Å²) in [7, 11) is 4.06. The van der Waals surface area contributed by atoms with Crippen LogP contribution in [0.3, 0.4) is 0 Å². The quantitative estimate of drug-likeness (QED) is 0.279. The molecule has 0 saturated heterocycles. The van der Waals surface area contributed by atoms with E-state index in [-0.39, 0.29) is 11.8 Å². The summed E-state index contributed by atoms with van der Waals surface area (Å²) >= 11 is 1.70. The van der Waals surface area contributed by atoms with Gasteiger partial charge in [0.15, 0.2) is 0 Å². The molecule has 6 heteroatoms. The van der Waals surface area contributed by atoms with Gasteiger partial charge in [-0.3, -0.25) is 9.59 Å².